The Balaban J connectivity index is 2.49. The Kier molecular flexibility index (Phi) is 6.29. The van der Waals surface area contributed by atoms with Gasteiger partial charge in [0, 0.05) is 13.2 Å². The third-order valence-electron chi connectivity index (χ3n) is 3.33. The van der Waals surface area contributed by atoms with Crippen LogP contribution in [0.4, 0.5) is 5.69 Å². The number of rotatable bonds is 8. The monoisotopic (exact) mass is 298 g/mol. The number of nitrogens with zero attached hydrogens (tertiary/aromatic N) is 3. The van der Waals surface area contributed by atoms with Crippen LogP contribution in [0.5, 0.6) is 0 Å². The largest absolute Gasteiger partial charge is 0.396 e. The lowest BCUT2D eigenvalue weighted by Gasteiger charge is -2.09. The molecule has 0 saturated carbocycles. The summed E-state index contributed by atoms with van der Waals surface area (Å²) in [6.45, 7) is 5.70. The standard InChI is InChI=1S/C13H22N4O4/c1-9(8-18)5-4-6-14-12(19)7-16-11(3)13(17(20)21)10(2)15-16/h9,18H,4-8H2,1-3H3,(H,14,19). The van der Waals surface area contributed by atoms with E-state index in [-0.39, 0.29) is 30.7 Å². The molecule has 0 radical (unpaired) electrons. The van der Waals surface area contributed by atoms with Gasteiger partial charge in [-0.25, -0.2) is 0 Å². The summed E-state index contributed by atoms with van der Waals surface area (Å²) < 4.78 is 1.35. The van der Waals surface area contributed by atoms with Gasteiger partial charge in [-0.15, -0.1) is 0 Å². The second kappa shape index (κ2) is 7.72. The zero-order valence-electron chi connectivity index (χ0n) is 12.6. The summed E-state index contributed by atoms with van der Waals surface area (Å²) in [5.41, 5.74) is 0.642. The van der Waals surface area contributed by atoms with Crippen LogP contribution in [0, 0.1) is 29.9 Å². The summed E-state index contributed by atoms with van der Waals surface area (Å²) in [6.07, 6.45) is 1.62. The number of hydrogen-bond donors (Lipinski definition) is 2. The minimum absolute atomic E-state index is 0.0317. The van der Waals surface area contributed by atoms with E-state index in [4.69, 9.17) is 5.11 Å². The summed E-state index contributed by atoms with van der Waals surface area (Å²) in [5, 5.41) is 26.5. The van der Waals surface area contributed by atoms with Crippen LogP contribution < -0.4 is 5.32 Å². The van der Waals surface area contributed by atoms with Crippen LogP contribution in [0.1, 0.15) is 31.2 Å². The Morgan fingerprint density at radius 1 is 1.52 bits per heavy atom. The number of nitro groups is 1. The molecule has 0 spiro atoms. The van der Waals surface area contributed by atoms with E-state index in [1.165, 1.54) is 4.68 Å². The molecule has 1 aromatic rings. The number of aryl methyl sites for hydroxylation is 1. The van der Waals surface area contributed by atoms with Crippen LogP contribution in [-0.2, 0) is 11.3 Å². The molecule has 1 rings (SSSR count). The van der Waals surface area contributed by atoms with Crippen molar-refractivity contribution in [3.05, 3.63) is 21.5 Å². The first-order valence-corrected chi connectivity index (χ1v) is 6.92. The highest BCUT2D eigenvalue weighted by Gasteiger charge is 2.22. The number of hydrogen-bond acceptors (Lipinski definition) is 5. The van der Waals surface area contributed by atoms with Gasteiger partial charge >= 0.3 is 5.69 Å². The molecular formula is C13H22N4O4. The number of amides is 1. The van der Waals surface area contributed by atoms with Gasteiger partial charge in [-0.2, -0.15) is 5.10 Å². The van der Waals surface area contributed by atoms with Crippen LogP contribution in [0.2, 0.25) is 0 Å². The predicted octanol–water partition coefficient (Wildman–Crippen LogP) is 0.933. The van der Waals surface area contributed by atoms with Gasteiger partial charge < -0.3 is 10.4 Å². The number of aromatic nitrogens is 2. The van der Waals surface area contributed by atoms with E-state index in [2.05, 4.69) is 10.4 Å². The first-order valence-electron chi connectivity index (χ1n) is 6.92. The molecule has 0 aliphatic rings. The number of aliphatic hydroxyl groups excluding tert-OH is 1. The Hall–Kier alpha value is -1.96. The number of carbonyl (C=O) groups excluding carboxylic acids is 1. The Labute approximate surface area is 123 Å². The quantitative estimate of drug-likeness (QED) is 0.421. The summed E-state index contributed by atoms with van der Waals surface area (Å²) in [4.78, 5) is 22.2. The van der Waals surface area contributed by atoms with E-state index in [0.717, 1.165) is 12.8 Å². The second-order valence-corrected chi connectivity index (χ2v) is 5.21. The molecule has 1 aromatic heterocycles. The van der Waals surface area contributed by atoms with Gasteiger partial charge in [-0.1, -0.05) is 6.92 Å². The van der Waals surface area contributed by atoms with Crippen molar-refractivity contribution in [3.8, 4) is 0 Å². The Morgan fingerprint density at radius 2 is 2.19 bits per heavy atom. The van der Waals surface area contributed by atoms with Crippen molar-refractivity contribution in [1.29, 1.82) is 0 Å². The number of aliphatic hydroxyl groups is 1. The van der Waals surface area contributed by atoms with E-state index >= 15 is 0 Å². The van der Waals surface area contributed by atoms with Crippen molar-refractivity contribution < 1.29 is 14.8 Å². The molecule has 2 N–H and O–H groups in total. The highest BCUT2D eigenvalue weighted by molar-refractivity contribution is 5.75. The average molecular weight is 298 g/mol. The topological polar surface area (TPSA) is 110 Å². The number of carbonyl (C=O) groups is 1. The van der Waals surface area contributed by atoms with Gasteiger partial charge in [0.25, 0.3) is 0 Å². The molecule has 0 aliphatic heterocycles. The van der Waals surface area contributed by atoms with E-state index in [1.54, 1.807) is 13.8 Å². The molecule has 8 heteroatoms. The molecule has 0 aliphatic carbocycles. The molecule has 118 valence electrons. The van der Waals surface area contributed by atoms with Crippen molar-refractivity contribution in [1.82, 2.24) is 15.1 Å². The minimum Gasteiger partial charge on any atom is -0.396 e. The highest BCUT2D eigenvalue weighted by Crippen LogP contribution is 2.21. The molecule has 1 atom stereocenters. The zero-order valence-corrected chi connectivity index (χ0v) is 12.6. The third-order valence-corrected chi connectivity index (χ3v) is 3.33. The number of nitrogens with one attached hydrogen (secondary N) is 1. The Bertz CT molecular complexity index is 513. The molecule has 1 unspecified atom stereocenters. The van der Waals surface area contributed by atoms with Crippen molar-refractivity contribution in [2.45, 2.75) is 40.2 Å². The van der Waals surface area contributed by atoms with Gasteiger partial charge in [0.15, 0.2) is 0 Å². The fourth-order valence-corrected chi connectivity index (χ4v) is 2.07. The van der Waals surface area contributed by atoms with E-state index in [0.29, 0.717) is 17.9 Å². The molecule has 0 bridgehead atoms. The third kappa shape index (κ3) is 4.82. The normalized spacial score (nSPS) is 12.2. The lowest BCUT2D eigenvalue weighted by molar-refractivity contribution is -0.386. The van der Waals surface area contributed by atoms with Gasteiger partial charge in [0.05, 0.1) is 4.92 Å². The van der Waals surface area contributed by atoms with Crippen LogP contribution in [0.15, 0.2) is 0 Å². The van der Waals surface area contributed by atoms with Crippen molar-refractivity contribution in [2.24, 2.45) is 5.92 Å². The van der Waals surface area contributed by atoms with E-state index < -0.39 is 4.92 Å². The summed E-state index contributed by atoms with van der Waals surface area (Å²) in [6, 6.07) is 0. The molecule has 8 nitrogen and oxygen atoms in total. The first kappa shape index (κ1) is 17.1. The second-order valence-electron chi connectivity index (χ2n) is 5.21. The average Bonchev–Trinajstić information content (AvgIpc) is 2.69. The first-order chi connectivity index (χ1) is 9.86. The smallest absolute Gasteiger partial charge is 0.312 e. The predicted molar refractivity (Wildman–Crippen MR) is 76.8 cm³/mol. The lowest BCUT2D eigenvalue weighted by atomic mass is 10.1. The van der Waals surface area contributed by atoms with Crippen LogP contribution in [-0.4, -0.2) is 38.9 Å². The lowest BCUT2D eigenvalue weighted by Crippen LogP contribution is -2.29. The molecule has 0 saturated heterocycles. The molecular weight excluding hydrogens is 276 g/mol. The zero-order chi connectivity index (χ0) is 16.0. The van der Waals surface area contributed by atoms with Crippen molar-refractivity contribution in [3.63, 3.8) is 0 Å². The molecule has 0 aromatic carbocycles. The van der Waals surface area contributed by atoms with E-state index in [1.807, 2.05) is 6.92 Å². The van der Waals surface area contributed by atoms with Crippen LogP contribution >= 0.6 is 0 Å². The van der Waals surface area contributed by atoms with Crippen LogP contribution in [0.3, 0.4) is 0 Å². The van der Waals surface area contributed by atoms with Crippen molar-refractivity contribution >= 4 is 11.6 Å². The SMILES string of the molecule is Cc1nn(CC(=O)NCCCC(C)CO)c(C)c1[N+](=O)[O-]. The fraction of sp³-hybridized carbons (Fsp3) is 0.692. The van der Waals surface area contributed by atoms with Gasteiger partial charge in [0.1, 0.15) is 17.9 Å². The maximum atomic E-state index is 11.8. The summed E-state index contributed by atoms with van der Waals surface area (Å²) >= 11 is 0. The molecule has 0 fully saturated rings. The molecule has 21 heavy (non-hydrogen) atoms. The Morgan fingerprint density at radius 3 is 2.71 bits per heavy atom. The summed E-state index contributed by atoms with van der Waals surface area (Å²) in [7, 11) is 0. The summed E-state index contributed by atoms with van der Waals surface area (Å²) in [5.74, 6) is -0.00675. The highest BCUT2D eigenvalue weighted by atomic mass is 16.6. The van der Waals surface area contributed by atoms with Crippen LogP contribution in [0.25, 0.3) is 0 Å². The van der Waals surface area contributed by atoms with Gasteiger partial charge in [0.2, 0.25) is 5.91 Å². The van der Waals surface area contributed by atoms with E-state index in [9.17, 15) is 14.9 Å². The van der Waals surface area contributed by atoms with Gasteiger partial charge in [-0.05, 0) is 32.6 Å². The fourth-order valence-electron chi connectivity index (χ4n) is 2.07. The molecule has 1 amide bonds. The maximum Gasteiger partial charge on any atom is 0.312 e. The molecule has 1 heterocycles. The maximum absolute atomic E-state index is 11.8. The van der Waals surface area contributed by atoms with Crippen molar-refractivity contribution in [2.75, 3.05) is 13.2 Å². The van der Waals surface area contributed by atoms with Gasteiger partial charge in [-0.3, -0.25) is 19.6 Å². The minimum atomic E-state index is -0.484.